The van der Waals surface area contributed by atoms with Gasteiger partial charge in [0.15, 0.2) is 23.0 Å². The third-order valence-corrected chi connectivity index (χ3v) is 10.4. The Hall–Kier alpha value is -7.04. The van der Waals surface area contributed by atoms with Gasteiger partial charge in [0.1, 0.15) is 5.69 Å². The molecule has 0 fully saturated rings. The van der Waals surface area contributed by atoms with Crippen LogP contribution in [0.3, 0.4) is 0 Å². The molecule has 3 heterocycles. The minimum atomic E-state index is 0.784. The van der Waals surface area contributed by atoms with E-state index in [1.54, 1.807) is 0 Å². The Morgan fingerprint density at radius 1 is 0.327 bits per heavy atom. The zero-order valence-corrected chi connectivity index (χ0v) is 28.0. The monoisotopic (exact) mass is 666 g/mol. The first-order chi connectivity index (χ1) is 25.8. The number of fused-ring (bicyclic) bond motifs is 7. The summed E-state index contributed by atoms with van der Waals surface area (Å²) in [4.78, 5) is 2.25. The fourth-order valence-electron chi connectivity index (χ4n) is 7.91. The van der Waals surface area contributed by atoms with Crippen LogP contribution in [0.4, 0.5) is 17.1 Å². The maximum Gasteiger partial charge on any atom is 0.155 e. The number of rotatable bonds is 4. The second-order valence-corrected chi connectivity index (χ2v) is 13.4. The summed E-state index contributed by atoms with van der Waals surface area (Å²) in [6.45, 7) is 0. The molecule has 2 aliphatic rings. The summed E-state index contributed by atoms with van der Waals surface area (Å²) in [6.07, 6.45) is 0. The normalized spacial score (nSPS) is 12.5. The first-order valence-corrected chi connectivity index (χ1v) is 17.6. The quantitative estimate of drug-likeness (QED) is 0.187. The summed E-state index contributed by atoms with van der Waals surface area (Å²) in [5.74, 6) is 3.23. The van der Waals surface area contributed by atoms with Gasteiger partial charge in [-0.1, -0.05) is 109 Å². The van der Waals surface area contributed by atoms with Crippen molar-refractivity contribution in [3.63, 3.8) is 0 Å². The Morgan fingerprint density at radius 2 is 0.808 bits per heavy atom. The second-order valence-electron chi connectivity index (χ2n) is 13.4. The van der Waals surface area contributed by atoms with Gasteiger partial charge in [-0.3, -0.25) is 4.90 Å². The highest BCUT2D eigenvalue weighted by Crippen LogP contribution is 2.59. The van der Waals surface area contributed by atoms with Gasteiger partial charge in [-0.25, -0.2) is 0 Å². The van der Waals surface area contributed by atoms with Crippen molar-refractivity contribution in [2.24, 2.45) is 0 Å². The van der Waals surface area contributed by atoms with Gasteiger partial charge in [0.05, 0.1) is 22.4 Å². The van der Waals surface area contributed by atoms with Crippen LogP contribution in [-0.4, -0.2) is 4.57 Å². The smallest absolute Gasteiger partial charge is 0.155 e. The largest absolute Gasteiger partial charge is 0.453 e. The van der Waals surface area contributed by atoms with Crippen molar-refractivity contribution in [3.8, 4) is 62.1 Å². The number of hydrogen-bond donors (Lipinski definition) is 0. The van der Waals surface area contributed by atoms with Crippen LogP contribution in [0.1, 0.15) is 0 Å². The van der Waals surface area contributed by atoms with Gasteiger partial charge in [-0.2, -0.15) is 0 Å². The maximum absolute atomic E-state index is 6.52. The molecule has 4 nitrogen and oxygen atoms in total. The number of para-hydroxylation sites is 4. The Balaban J connectivity index is 0.980. The average molecular weight is 667 g/mol. The van der Waals surface area contributed by atoms with E-state index in [4.69, 9.17) is 9.47 Å². The molecule has 11 rings (SSSR count). The topological polar surface area (TPSA) is 26.6 Å². The van der Waals surface area contributed by atoms with E-state index in [1.165, 1.54) is 44.1 Å². The standard InChI is InChI=1S/C48H30N2O2/c1-3-10-31(11-4-1)34-22-25-40-38(28-34)39-29-35(23-26-41(39)49(40)37-12-5-2-6-13-37)32-18-20-33(21-19-32)36-24-27-43-47(30-36)52-46-17-9-16-45-48(46)50(43)42-14-7-8-15-44(42)51-45/h1-30H. The Kier molecular flexibility index (Phi) is 6.22. The fraction of sp³-hybridized carbons (Fsp3) is 0. The molecule has 9 aromatic rings. The molecule has 1 aromatic heterocycles. The van der Waals surface area contributed by atoms with Gasteiger partial charge in [0, 0.05) is 16.5 Å². The van der Waals surface area contributed by atoms with Gasteiger partial charge in [-0.05, 0) is 106 Å². The van der Waals surface area contributed by atoms with Crippen LogP contribution in [0.25, 0.3) is 60.9 Å². The van der Waals surface area contributed by atoms with Crippen molar-refractivity contribution in [3.05, 3.63) is 182 Å². The molecule has 8 aromatic carbocycles. The van der Waals surface area contributed by atoms with E-state index >= 15 is 0 Å². The SMILES string of the molecule is c1ccc(-c2ccc3c(c2)c2cc(-c4ccc(-c5ccc6c(c5)Oc5cccc7c5N6c5ccccc5O7)cc4)ccc2n3-c2ccccc2)cc1. The molecule has 244 valence electrons. The van der Waals surface area contributed by atoms with Crippen LogP contribution in [0.5, 0.6) is 23.0 Å². The highest BCUT2D eigenvalue weighted by Gasteiger charge is 2.34. The molecule has 0 bridgehead atoms. The highest BCUT2D eigenvalue weighted by molar-refractivity contribution is 6.11. The third-order valence-electron chi connectivity index (χ3n) is 10.4. The van der Waals surface area contributed by atoms with Gasteiger partial charge in [-0.15, -0.1) is 0 Å². The molecule has 0 spiro atoms. The molecule has 0 atom stereocenters. The molecular formula is C48H30N2O2. The lowest BCUT2D eigenvalue weighted by Crippen LogP contribution is -2.20. The number of benzene rings is 8. The van der Waals surface area contributed by atoms with Crippen molar-refractivity contribution in [1.82, 2.24) is 4.57 Å². The molecule has 52 heavy (non-hydrogen) atoms. The van der Waals surface area contributed by atoms with Crippen molar-refractivity contribution >= 4 is 38.9 Å². The van der Waals surface area contributed by atoms with Crippen LogP contribution < -0.4 is 14.4 Å². The van der Waals surface area contributed by atoms with Gasteiger partial charge >= 0.3 is 0 Å². The Bertz CT molecular complexity index is 2840. The van der Waals surface area contributed by atoms with Crippen LogP contribution >= 0.6 is 0 Å². The Morgan fingerprint density at radius 3 is 1.48 bits per heavy atom. The summed E-state index contributed by atoms with van der Waals surface area (Å²) in [5, 5.41) is 2.47. The third kappa shape index (κ3) is 4.41. The van der Waals surface area contributed by atoms with Gasteiger partial charge in [0.25, 0.3) is 0 Å². The lowest BCUT2D eigenvalue weighted by molar-refractivity contribution is 0.446. The zero-order chi connectivity index (χ0) is 34.2. The minimum absolute atomic E-state index is 0.784. The van der Waals surface area contributed by atoms with E-state index in [2.05, 4.69) is 155 Å². The van der Waals surface area contributed by atoms with Crippen molar-refractivity contribution < 1.29 is 9.47 Å². The van der Waals surface area contributed by atoms with Crippen LogP contribution in [0.2, 0.25) is 0 Å². The zero-order valence-electron chi connectivity index (χ0n) is 28.0. The van der Waals surface area contributed by atoms with Crippen molar-refractivity contribution in [1.29, 1.82) is 0 Å². The predicted octanol–water partition coefficient (Wildman–Crippen LogP) is 13.5. The molecule has 0 aliphatic carbocycles. The number of aromatic nitrogens is 1. The van der Waals surface area contributed by atoms with E-state index in [9.17, 15) is 0 Å². The number of hydrogen-bond acceptors (Lipinski definition) is 3. The molecular weight excluding hydrogens is 637 g/mol. The minimum Gasteiger partial charge on any atom is -0.453 e. The first-order valence-electron chi connectivity index (χ1n) is 17.6. The van der Waals surface area contributed by atoms with E-state index in [0.29, 0.717) is 0 Å². The van der Waals surface area contributed by atoms with E-state index in [1.807, 2.05) is 36.4 Å². The van der Waals surface area contributed by atoms with Crippen LogP contribution in [-0.2, 0) is 0 Å². The lowest BCUT2D eigenvalue weighted by Gasteiger charge is -2.37. The maximum atomic E-state index is 6.52. The lowest BCUT2D eigenvalue weighted by atomic mass is 9.97. The van der Waals surface area contributed by atoms with Gasteiger partial charge in [0.2, 0.25) is 0 Å². The molecule has 0 saturated heterocycles. The van der Waals surface area contributed by atoms with E-state index in [0.717, 1.165) is 56.9 Å². The molecule has 0 saturated carbocycles. The van der Waals surface area contributed by atoms with Crippen LogP contribution in [0.15, 0.2) is 182 Å². The summed E-state index contributed by atoms with van der Waals surface area (Å²) < 4.78 is 15.1. The molecule has 4 heteroatoms. The average Bonchev–Trinajstić information content (AvgIpc) is 3.54. The van der Waals surface area contributed by atoms with Gasteiger partial charge < -0.3 is 14.0 Å². The molecule has 0 amide bonds. The van der Waals surface area contributed by atoms with Crippen molar-refractivity contribution in [2.75, 3.05) is 4.90 Å². The summed E-state index contributed by atoms with van der Waals surface area (Å²) in [7, 11) is 0. The summed E-state index contributed by atoms with van der Waals surface area (Å²) in [6, 6.07) is 64.4. The molecule has 0 N–H and O–H groups in total. The highest BCUT2D eigenvalue weighted by atomic mass is 16.5. The summed E-state index contributed by atoms with van der Waals surface area (Å²) >= 11 is 0. The second kappa shape index (κ2) is 11.2. The number of nitrogens with zero attached hydrogens (tertiary/aromatic N) is 2. The summed E-state index contributed by atoms with van der Waals surface area (Å²) in [5.41, 5.74) is 13.5. The molecule has 2 aliphatic heterocycles. The fourth-order valence-corrected chi connectivity index (χ4v) is 7.91. The number of ether oxygens (including phenoxy) is 2. The van der Waals surface area contributed by atoms with E-state index in [-0.39, 0.29) is 0 Å². The Labute approximate surface area is 301 Å². The predicted molar refractivity (Wildman–Crippen MR) is 212 cm³/mol. The van der Waals surface area contributed by atoms with Crippen molar-refractivity contribution in [2.45, 2.75) is 0 Å². The van der Waals surface area contributed by atoms with Crippen LogP contribution in [0, 0.1) is 0 Å². The molecule has 0 unspecified atom stereocenters. The first kappa shape index (κ1) is 28.8. The molecule has 0 radical (unpaired) electrons. The van der Waals surface area contributed by atoms with E-state index < -0.39 is 0 Å². The number of anilines is 3.